The van der Waals surface area contributed by atoms with Crippen molar-refractivity contribution in [3.05, 3.63) is 83.9 Å². The summed E-state index contributed by atoms with van der Waals surface area (Å²) in [5.74, 6) is 1.71. The van der Waals surface area contributed by atoms with Crippen molar-refractivity contribution in [1.29, 1.82) is 0 Å². The van der Waals surface area contributed by atoms with Gasteiger partial charge in [-0.15, -0.1) is 0 Å². The first-order valence-electron chi connectivity index (χ1n) is 9.66. The van der Waals surface area contributed by atoms with Crippen molar-refractivity contribution < 1.29 is 14.3 Å². The van der Waals surface area contributed by atoms with Gasteiger partial charge in [-0.25, -0.2) is 0 Å². The third kappa shape index (κ3) is 5.46. The minimum absolute atomic E-state index is 0.127. The first-order chi connectivity index (χ1) is 13.7. The van der Waals surface area contributed by atoms with E-state index >= 15 is 0 Å². The minimum Gasteiger partial charge on any atom is -0.490 e. The molecule has 0 aliphatic rings. The second kappa shape index (κ2) is 9.75. The molecule has 0 atom stereocenters. The van der Waals surface area contributed by atoms with Crippen LogP contribution in [-0.4, -0.2) is 12.4 Å². The van der Waals surface area contributed by atoms with Crippen LogP contribution < -0.4 is 9.47 Å². The van der Waals surface area contributed by atoms with Crippen LogP contribution in [0, 0.1) is 0 Å². The van der Waals surface area contributed by atoms with Gasteiger partial charge in [-0.2, -0.15) is 0 Å². The summed E-state index contributed by atoms with van der Waals surface area (Å²) in [5, 5.41) is 0. The zero-order valence-electron chi connectivity index (χ0n) is 16.4. The van der Waals surface area contributed by atoms with Crippen molar-refractivity contribution in [3.63, 3.8) is 0 Å². The van der Waals surface area contributed by atoms with Crippen molar-refractivity contribution in [1.82, 2.24) is 0 Å². The lowest BCUT2D eigenvalue weighted by Gasteiger charge is -2.15. The minimum atomic E-state index is 0.127. The van der Waals surface area contributed by atoms with Gasteiger partial charge < -0.3 is 14.3 Å². The molecular weight excluding hydrogens is 348 g/mol. The number of rotatable bonds is 9. The monoisotopic (exact) mass is 374 g/mol. The molecule has 3 rings (SSSR count). The number of aryl methyl sites for hydroxylation is 1. The second-order valence-electron chi connectivity index (χ2n) is 7.00. The Hall–Kier alpha value is -3.07. The highest BCUT2D eigenvalue weighted by atomic mass is 16.5. The fourth-order valence-corrected chi connectivity index (χ4v) is 3.04. The third-order valence-electron chi connectivity index (χ3n) is 4.37. The largest absolute Gasteiger partial charge is 0.490 e. The maximum atomic E-state index is 10.5. The summed E-state index contributed by atoms with van der Waals surface area (Å²) in [6.07, 6.45) is 2.39. The summed E-state index contributed by atoms with van der Waals surface area (Å²) in [6.45, 7) is 4.56. The summed E-state index contributed by atoms with van der Waals surface area (Å²) >= 11 is 0. The highest BCUT2D eigenvalue weighted by Gasteiger charge is 2.08. The highest BCUT2D eigenvalue weighted by molar-refractivity contribution is 5.70. The van der Waals surface area contributed by atoms with E-state index in [1.807, 2.05) is 62.4 Å². The number of para-hydroxylation sites is 1. The summed E-state index contributed by atoms with van der Waals surface area (Å²) < 4.78 is 11.9. The van der Waals surface area contributed by atoms with Gasteiger partial charge in [-0.3, -0.25) is 0 Å². The van der Waals surface area contributed by atoms with Crippen LogP contribution >= 0.6 is 0 Å². The van der Waals surface area contributed by atoms with E-state index in [4.69, 9.17) is 9.47 Å². The Morgan fingerprint density at radius 3 is 2.43 bits per heavy atom. The molecule has 3 aromatic rings. The molecule has 0 saturated heterocycles. The third-order valence-corrected chi connectivity index (χ3v) is 4.37. The maximum Gasteiger partial charge on any atom is 0.127 e. The quantitative estimate of drug-likeness (QED) is 0.441. The Balaban J connectivity index is 1.70. The molecule has 0 amide bonds. The van der Waals surface area contributed by atoms with Gasteiger partial charge in [0.15, 0.2) is 0 Å². The van der Waals surface area contributed by atoms with E-state index in [1.165, 1.54) is 0 Å². The predicted molar refractivity (Wildman–Crippen MR) is 113 cm³/mol. The van der Waals surface area contributed by atoms with Gasteiger partial charge in [0.05, 0.1) is 6.10 Å². The predicted octanol–water partition coefficient (Wildman–Crippen LogP) is 5.85. The van der Waals surface area contributed by atoms with Crippen LogP contribution in [0.25, 0.3) is 11.1 Å². The smallest absolute Gasteiger partial charge is 0.127 e. The van der Waals surface area contributed by atoms with E-state index in [2.05, 4.69) is 24.3 Å². The molecule has 0 aliphatic carbocycles. The average molecular weight is 374 g/mol. The second-order valence-corrected chi connectivity index (χ2v) is 7.00. The van der Waals surface area contributed by atoms with Crippen LogP contribution in [0.1, 0.15) is 31.4 Å². The van der Waals surface area contributed by atoms with Gasteiger partial charge in [-0.1, -0.05) is 48.5 Å². The average Bonchev–Trinajstić information content (AvgIpc) is 2.72. The van der Waals surface area contributed by atoms with E-state index in [-0.39, 0.29) is 6.10 Å². The van der Waals surface area contributed by atoms with Gasteiger partial charge in [0, 0.05) is 12.0 Å². The van der Waals surface area contributed by atoms with Gasteiger partial charge >= 0.3 is 0 Å². The Morgan fingerprint density at radius 1 is 0.893 bits per heavy atom. The topological polar surface area (TPSA) is 35.5 Å². The van der Waals surface area contributed by atoms with E-state index in [1.54, 1.807) is 0 Å². The normalized spacial score (nSPS) is 10.7. The van der Waals surface area contributed by atoms with Gasteiger partial charge in [-0.05, 0) is 61.2 Å². The Morgan fingerprint density at radius 2 is 1.68 bits per heavy atom. The molecule has 0 fully saturated rings. The SMILES string of the molecule is CC(C)Oc1ccccc1-c1cccc(COc2ccc(CCC=O)cc2)c1. The molecular formula is C25H26O3. The van der Waals surface area contributed by atoms with E-state index in [9.17, 15) is 4.79 Å². The number of benzene rings is 3. The van der Waals surface area contributed by atoms with Crippen molar-refractivity contribution in [2.45, 2.75) is 39.4 Å². The van der Waals surface area contributed by atoms with Crippen molar-refractivity contribution >= 4 is 6.29 Å². The van der Waals surface area contributed by atoms with Crippen LogP contribution in [0.5, 0.6) is 11.5 Å². The zero-order valence-corrected chi connectivity index (χ0v) is 16.4. The maximum absolute atomic E-state index is 10.5. The summed E-state index contributed by atoms with van der Waals surface area (Å²) in [6, 6.07) is 24.4. The van der Waals surface area contributed by atoms with Crippen LogP contribution in [0.2, 0.25) is 0 Å². The molecule has 0 N–H and O–H groups in total. The molecule has 0 radical (unpaired) electrons. The Kier molecular flexibility index (Phi) is 6.85. The standard InChI is InChI=1S/C25H26O3/c1-19(2)28-25-11-4-3-10-24(25)22-9-5-7-21(17-22)18-27-23-14-12-20(13-15-23)8-6-16-26/h3-5,7,9-17,19H,6,8,18H2,1-2H3. The fourth-order valence-electron chi connectivity index (χ4n) is 3.04. The molecule has 28 heavy (non-hydrogen) atoms. The zero-order chi connectivity index (χ0) is 19.8. The number of carbonyl (C=O) groups excluding carboxylic acids is 1. The molecule has 3 nitrogen and oxygen atoms in total. The van der Waals surface area contributed by atoms with Crippen LogP contribution in [0.15, 0.2) is 72.8 Å². The lowest BCUT2D eigenvalue weighted by atomic mass is 10.0. The van der Waals surface area contributed by atoms with Crippen LogP contribution in [-0.2, 0) is 17.8 Å². The molecule has 3 aromatic carbocycles. The summed E-state index contributed by atoms with van der Waals surface area (Å²) in [7, 11) is 0. The number of hydrogen-bond donors (Lipinski definition) is 0. The number of aldehydes is 1. The first-order valence-corrected chi connectivity index (χ1v) is 9.66. The molecule has 0 aromatic heterocycles. The fraction of sp³-hybridized carbons (Fsp3) is 0.240. The van der Waals surface area contributed by atoms with Gasteiger partial charge in [0.1, 0.15) is 24.4 Å². The van der Waals surface area contributed by atoms with E-state index < -0.39 is 0 Å². The lowest BCUT2D eigenvalue weighted by Crippen LogP contribution is -2.06. The molecule has 0 aliphatic heterocycles. The molecule has 0 saturated carbocycles. The Labute approximate surface area is 166 Å². The van der Waals surface area contributed by atoms with Crippen molar-refractivity contribution in [2.75, 3.05) is 0 Å². The van der Waals surface area contributed by atoms with Crippen LogP contribution in [0.3, 0.4) is 0 Å². The number of ether oxygens (including phenoxy) is 2. The van der Waals surface area contributed by atoms with Crippen molar-refractivity contribution in [3.8, 4) is 22.6 Å². The molecule has 0 bridgehead atoms. The molecule has 0 unspecified atom stereocenters. The van der Waals surface area contributed by atoms with Crippen molar-refractivity contribution in [2.24, 2.45) is 0 Å². The van der Waals surface area contributed by atoms with Gasteiger partial charge in [0.2, 0.25) is 0 Å². The Bertz CT molecular complexity index is 898. The summed E-state index contributed by atoms with van der Waals surface area (Å²) in [4.78, 5) is 10.5. The van der Waals surface area contributed by atoms with Crippen LogP contribution in [0.4, 0.5) is 0 Å². The lowest BCUT2D eigenvalue weighted by molar-refractivity contribution is -0.107. The van der Waals surface area contributed by atoms with Gasteiger partial charge in [0.25, 0.3) is 0 Å². The van der Waals surface area contributed by atoms with E-state index in [0.29, 0.717) is 13.0 Å². The molecule has 3 heteroatoms. The molecule has 0 heterocycles. The number of hydrogen-bond acceptors (Lipinski definition) is 3. The van der Waals surface area contributed by atoms with E-state index in [0.717, 1.165) is 46.5 Å². The summed E-state index contributed by atoms with van der Waals surface area (Å²) in [5.41, 5.74) is 4.43. The molecule has 0 spiro atoms. The first kappa shape index (κ1) is 19.7. The highest BCUT2D eigenvalue weighted by Crippen LogP contribution is 2.31. The number of carbonyl (C=O) groups is 1. The molecule has 144 valence electrons.